The summed E-state index contributed by atoms with van der Waals surface area (Å²) in [6, 6.07) is 1.84. The first kappa shape index (κ1) is 12.6. The zero-order chi connectivity index (χ0) is 13.4. The zero-order valence-corrected chi connectivity index (χ0v) is 11.6. The van der Waals surface area contributed by atoms with Crippen molar-refractivity contribution in [3.63, 3.8) is 0 Å². The Morgan fingerprint density at radius 3 is 2.44 bits per heavy atom. The van der Waals surface area contributed by atoms with Crippen LogP contribution in [-0.4, -0.2) is 24.5 Å². The monoisotopic (exact) mass is 265 g/mol. The van der Waals surface area contributed by atoms with Crippen molar-refractivity contribution in [1.29, 1.82) is 0 Å². The van der Waals surface area contributed by atoms with Crippen LogP contribution in [0.25, 0.3) is 0 Å². The minimum Gasteiger partial charge on any atom is -0.420 e. The average Bonchev–Trinajstić information content (AvgIpc) is 2.68. The Morgan fingerprint density at radius 1 is 1.28 bits per heavy atom. The van der Waals surface area contributed by atoms with E-state index in [1.807, 2.05) is 27.0 Å². The van der Waals surface area contributed by atoms with Crippen LogP contribution >= 0.6 is 12.2 Å². The van der Waals surface area contributed by atoms with Crippen LogP contribution in [0.3, 0.4) is 0 Å². The molecule has 0 radical (unpaired) electrons. The van der Waals surface area contributed by atoms with Crippen molar-refractivity contribution in [2.75, 3.05) is 0 Å². The normalized spacial score (nSPS) is 10.7. The lowest BCUT2D eigenvalue weighted by Gasteiger charge is -2.07. The van der Waals surface area contributed by atoms with Crippen molar-refractivity contribution in [2.24, 2.45) is 19.8 Å². The molecule has 2 N–H and O–H groups in total. The molecule has 0 saturated heterocycles. The molecule has 18 heavy (non-hydrogen) atoms. The zero-order valence-electron chi connectivity index (χ0n) is 10.8. The van der Waals surface area contributed by atoms with E-state index in [9.17, 15) is 0 Å². The maximum Gasteiger partial charge on any atom is 0.230 e. The minimum absolute atomic E-state index is 0.273. The number of thiocarbonyl (C=S) groups is 1. The molecular weight excluding hydrogens is 250 g/mol. The van der Waals surface area contributed by atoms with E-state index in [2.05, 4.69) is 10.2 Å². The highest BCUT2D eigenvalue weighted by Crippen LogP contribution is 2.27. The van der Waals surface area contributed by atoms with Gasteiger partial charge >= 0.3 is 0 Å². The lowest BCUT2D eigenvalue weighted by molar-refractivity contribution is 0.391. The van der Waals surface area contributed by atoms with Gasteiger partial charge in [0.05, 0.1) is 17.0 Å². The number of rotatable bonds is 3. The Kier molecular flexibility index (Phi) is 3.08. The lowest BCUT2D eigenvalue weighted by atomic mass is 10.2. The van der Waals surface area contributed by atoms with Gasteiger partial charge in [0.25, 0.3) is 0 Å². The summed E-state index contributed by atoms with van der Waals surface area (Å²) < 4.78 is 9.08. The van der Waals surface area contributed by atoms with E-state index < -0.39 is 0 Å². The van der Waals surface area contributed by atoms with Crippen molar-refractivity contribution in [2.45, 2.75) is 13.8 Å². The van der Waals surface area contributed by atoms with Gasteiger partial charge in [0.2, 0.25) is 11.8 Å². The molecule has 0 aliphatic carbocycles. The van der Waals surface area contributed by atoms with E-state index in [1.165, 1.54) is 0 Å². The number of aryl methyl sites for hydroxylation is 4. The topological polar surface area (TPSA) is 70.9 Å². The highest BCUT2D eigenvalue weighted by molar-refractivity contribution is 7.80. The average molecular weight is 265 g/mol. The Bertz CT molecular complexity index is 613. The molecular formula is C11H15N5OS. The van der Waals surface area contributed by atoms with E-state index in [4.69, 9.17) is 22.7 Å². The summed E-state index contributed by atoms with van der Waals surface area (Å²) in [5, 5.41) is 8.48. The van der Waals surface area contributed by atoms with Gasteiger partial charge in [0.15, 0.2) is 0 Å². The van der Waals surface area contributed by atoms with Crippen LogP contribution in [0.5, 0.6) is 11.8 Å². The first-order chi connectivity index (χ1) is 8.40. The molecule has 2 aromatic heterocycles. The second kappa shape index (κ2) is 4.41. The summed E-state index contributed by atoms with van der Waals surface area (Å²) in [5.41, 5.74) is 7.99. The number of hydrogen-bond donors (Lipinski definition) is 1. The van der Waals surface area contributed by atoms with Gasteiger partial charge in [-0.3, -0.25) is 0 Å². The van der Waals surface area contributed by atoms with Gasteiger partial charge < -0.3 is 10.5 Å². The lowest BCUT2D eigenvalue weighted by Crippen LogP contribution is -2.12. The molecule has 0 unspecified atom stereocenters. The third-order valence-corrected chi connectivity index (χ3v) is 2.78. The Labute approximate surface area is 110 Å². The van der Waals surface area contributed by atoms with Crippen LogP contribution < -0.4 is 10.5 Å². The molecule has 0 amide bonds. The largest absolute Gasteiger partial charge is 0.420 e. The van der Waals surface area contributed by atoms with Gasteiger partial charge in [-0.15, -0.1) is 0 Å². The summed E-state index contributed by atoms with van der Waals surface area (Å²) in [6.45, 7) is 3.74. The number of aromatic nitrogens is 4. The van der Waals surface area contributed by atoms with Crippen molar-refractivity contribution in [3.8, 4) is 11.8 Å². The quantitative estimate of drug-likeness (QED) is 0.844. The van der Waals surface area contributed by atoms with Gasteiger partial charge in [-0.25, -0.2) is 9.36 Å². The predicted molar refractivity (Wildman–Crippen MR) is 71.9 cm³/mol. The molecule has 0 bridgehead atoms. The van der Waals surface area contributed by atoms with Gasteiger partial charge in [-0.05, 0) is 13.8 Å². The molecule has 0 aromatic carbocycles. The molecule has 0 aliphatic rings. The standard InChI is InChI=1S/C11H15N5OS/c1-6-5-8(15(3)13-6)17-11-9(10(12)18)7(2)14-16(11)4/h5H,1-4H3,(H2,12,18). The van der Waals surface area contributed by atoms with Crippen LogP contribution in [0.4, 0.5) is 0 Å². The maximum atomic E-state index is 5.81. The molecule has 6 nitrogen and oxygen atoms in total. The summed E-state index contributed by atoms with van der Waals surface area (Å²) in [6.07, 6.45) is 0. The molecule has 0 spiro atoms. The first-order valence-electron chi connectivity index (χ1n) is 5.42. The summed E-state index contributed by atoms with van der Waals surface area (Å²) in [7, 11) is 3.60. The van der Waals surface area contributed by atoms with E-state index in [1.54, 1.807) is 16.4 Å². The third-order valence-electron chi connectivity index (χ3n) is 2.58. The van der Waals surface area contributed by atoms with Gasteiger partial charge in [-0.1, -0.05) is 12.2 Å². The number of hydrogen-bond acceptors (Lipinski definition) is 4. The second-order valence-electron chi connectivity index (χ2n) is 4.10. The fourth-order valence-corrected chi connectivity index (χ4v) is 2.05. The van der Waals surface area contributed by atoms with Gasteiger partial charge in [0.1, 0.15) is 4.99 Å². The summed E-state index contributed by atoms with van der Waals surface area (Å²) in [4.78, 5) is 0.273. The SMILES string of the molecule is Cc1cc(Oc2c(C(N)=S)c(C)nn2C)n(C)n1. The number of nitrogens with zero attached hydrogens (tertiary/aromatic N) is 4. The van der Waals surface area contributed by atoms with Crippen molar-refractivity contribution < 1.29 is 4.74 Å². The summed E-state index contributed by atoms with van der Waals surface area (Å²) >= 11 is 5.03. The summed E-state index contributed by atoms with van der Waals surface area (Å²) in [5.74, 6) is 1.15. The predicted octanol–water partition coefficient (Wildman–Crippen LogP) is 1.20. The van der Waals surface area contributed by atoms with Crippen molar-refractivity contribution >= 4 is 17.2 Å². The molecule has 2 aromatic rings. The van der Waals surface area contributed by atoms with Gasteiger partial charge in [0, 0.05) is 20.2 Å². The maximum absolute atomic E-state index is 5.81. The minimum atomic E-state index is 0.273. The highest BCUT2D eigenvalue weighted by atomic mass is 32.1. The van der Waals surface area contributed by atoms with E-state index in [-0.39, 0.29) is 4.99 Å². The first-order valence-corrected chi connectivity index (χ1v) is 5.83. The molecule has 96 valence electrons. The Morgan fingerprint density at radius 2 is 1.94 bits per heavy atom. The van der Waals surface area contributed by atoms with E-state index >= 15 is 0 Å². The van der Waals surface area contributed by atoms with Crippen LogP contribution in [0.2, 0.25) is 0 Å². The molecule has 2 rings (SSSR count). The van der Waals surface area contributed by atoms with Crippen LogP contribution in [0.15, 0.2) is 6.07 Å². The van der Waals surface area contributed by atoms with Gasteiger partial charge in [-0.2, -0.15) is 10.2 Å². The van der Waals surface area contributed by atoms with Crippen LogP contribution in [0.1, 0.15) is 17.0 Å². The molecule has 0 saturated carbocycles. The second-order valence-corrected chi connectivity index (χ2v) is 4.54. The molecule has 7 heteroatoms. The van der Waals surface area contributed by atoms with Crippen molar-refractivity contribution in [3.05, 3.63) is 23.0 Å². The number of ether oxygens (including phenoxy) is 1. The number of nitrogens with two attached hydrogens (primary N) is 1. The molecule has 0 atom stereocenters. The third kappa shape index (κ3) is 2.08. The van der Waals surface area contributed by atoms with Crippen LogP contribution in [-0.2, 0) is 14.1 Å². The van der Waals surface area contributed by atoms with Crippen molar-refractivity contribution in [1.82, 2.24) is 19.6 Å². The van der Waals surface area contributed by atoms with E-state index in [0.717, 1.165) is 11.4 Å². The van der Waals surface area contributed by atoms with Crippen LogP contribution in [0, 0.1) is 13.8 Å². The molecule has 0 aliphatic heterocycles. The molecule has 0 fully saturated rings. The fraction of sp³-hybridized carbons (Fsp3) is 0.364. The Hall–Kier alpha value is -1.89. The smallest absolute Gasteiger partial charge is 0.230 e. The highest BCUT2D eigenvalue weighted by Gasteiger charge is 2.19. The Balaban J connectivity index is 2.46. The molecule has 2 heterocycles. The fourth-order valence-electron chi connectivity index (χ4n) is 1.82. The van der Waals surface area contributed by atoms with E-state index in [0.29, 0.717) is 17.3 Å².